The van der Waals surface area contributed by atoms with E-state index in [1.54, 1.807) is 24.3 Å². The van der Waals surface area contributed by atoms with Crippen molar-refractivity contribution in [3.8, 4) is 17.6 Å². The Morgan fingerprint density at radius 2 is 1.68 bits per heavy atom. The van der Waals surface area contributed by atoms with Gasteiger partial charge in [-0.15, -0.1) is 0 Å². The number of ether oxygens (including phenoxy) is 2. The van der Waals surface area contributed by atoms with Crippen LogP contribution in [0.1, 0.15) is 36.5 Å². The van der Waals surface area contributed by atoms with Crippen LogP contribution in [0, 0.1) is 22.6 Å². The molecule has 0 saturated carbocycles. The van der Waals surface area contributed by atoms with Gasteiger partial charge in [-0.1, -0.05) is 0 Å². The molecule has 0 N–H and O–H groups in total. The van der Waals surface area contributed by atoms with Gasteiger partial charge in [-0.05, 0) is 101 Å². The van der Waals surface area contributed by atoms with Gasteiger partial charge in [0, 0.05) is 48.8 Å². The third-order valence-corrected chi connectivity index (χ3v) is 12.0. The number of rotatable bonds is 8. The van der Waals surface area contributed by atoms with E-state index in [0.29, 0.717) is 48.4 Å². The zero-order valence-corrected chi connectivity index (χ0v) is 27.6. The van der Waals surface area contributed by atoms with Gasteiger partial charge in [0.05, 0.1) is 35.9 Å². The lowest BCUT2D eigenvalue weighted by Crippen LogP contribution is -2.77. The number of hydrogen-bond acceptors (Lipinski definition) is 9. The minimum atomic E-state index is -4.50. The monoisotopic (exact) mass is 659 g/mol. The molecule has 0 radical (unpaired) electrons. The van der Waals surface area contributed by atoms with E-state index in [2.05, 4.69) is 22.9 Å². The van der Waals surface area contributed by atoms with Gasteiger partial charge in [-0.25, -0.2) is 17.1 Å². The van der Waals surface area contributed by atoms with Gasteiger partial charge in [0.15, 0.2) is 5.54 Å². The molecule has 4 aliphatic rings. The summed E-state index contributed by atoms with van der Waals surface area (Å²) in [4.78, 5) is 22.0. The molecule has 12 heteroatoms. The molecule has 7 rings (SSSR count). The fourth-order valence-electron chi connectivity index (χ4n) is 7.97. The topological polar surface area (TPSA) is 106 Å². The lowest BCUT2D eigenvalue weighted by atomic mass is 9.67. The van der Waals surface area contributed by atoms with Crippen molar-refractivity contribution < 1.29 is 27.1 Å². The van der Waals surface area contributed by atoms with E-state index in [0.717, 1.165) is 67.6 Å². The highest BCUT2D eigenvalue weighted by Crippen LogP contribution is 2.58. The molecular formula is C35H38FN5O5S. The Bertz CT molecular complexity index is 1860. The quantitative estimate of drug-likeness (QED) is 0.357. The smallest absolute Gasteiger partial charge is 0.271 e. The SMILES string of the molecule is CCOc1ccc(OC)cc1C1(N2CC3(CN(C4CCN(C)CC4)C3)C2)C(=O)N(S(=O)(=O)c2ccc(F)cc2)c2ccc(C#N)cc21. The molecule has 10 nitrogen and oxygen atoms in total. The number of sulfonamides is 1. The molecule has 3 aromatic rings. The van der Waals surface area contributed by atoms with Crippen molar-refractivity contribution in [1.82, 2.24) is 14.7 Å². The molecule has 4 heterocycles. The van der Waals surface area contributed by atoms with Gasteiger partial charge < -0.3 is 14.4 Å². The summed E-state index contributed by atoms with van der Waals surface area (Å²) < 4.78 is 55.1. The number of hydrogen-bond donors (Lipinski definition) is 0. The number of nitrogens with zero attached hydrogens (tertiary/aromatic N) is 5. The average Bonchev–Trinajstić information content (AvgIpc) is 3.29. The molecule has 0 aliphatic carbocycles. The predicted octanol–water partition coefficient (Wildman–Crippen LogP) is 3.80. The zero-order chi connectivity index (χ0) is 33.1. The number of anilines is 1. The Balaban J connectivity index is 1.36. The summed E-state index contributed by atoms with van der Waals surface area (Å²) in [5.74, 6) is -0.412. The zero-order valence-electron chi connectivity index (χ0n) is 26.8. The fourth-order valence-corrected chi connectivity index (χ4v) is 9.42. The van der Waals surface area contributed by atoms with E-state index in [-0.39, 0.29) is 21.6 Å². The molecule has 246 valence electrons. The van der Waals surface area contributed by atoms with Crippen LogP contribution < -0.4 is 13.8 Å². The van der Waals surface area contributed by atoms with Gasteiger partial charge in [-0.3, -0.25) is 14.6 Å². The summed E-state index contributed by atoms with van der Waals surface area (Å²) in [5, 5.41) is 9.97. The number of benzene rings is 3. The highest BCUT2D eigenvalue weighted by Gasteiger charge is 2.66. The van der Waals surface area contributed by atoms with Gasteiger partial charge in [0.25, 0.3) is 15.9 Å². The van der Waals surface area contributed by atoms with Crippen molar-refractivity contribution in [1.29, 1.82) is 5.26 Å². The normalized spacial score (nSPS) is 23.2. The van der Waals surface area contributed by atoms with Crippen LogP contribution in [0.15, 0.2) is 65.6 Å². The molecule has 1 unspecified atom stereocenters. The number of amides is 1. The molecule has 4 aliphatic heterocycles. The van der Waals surface area contributed by atoms with Gasteiger partial charge >= 0.3 is 0 Å². The van der Waals surface area contributed by atoms with Crippen LogP contribution in [0.2, 0.25) is 0 Å². The predicted molar refractivity (Wildman–Crippen MR) is 173 cm³/mol. The van der Waals surface area contributed by atoms with Crippen LogP contribution in [0.3, 0.4) is 0 Å². The first-order valence-electron chi connectivity index (χ1n) is 16.0. The molecule has 47 heavy (non-hydrogen) atoms. The molecule has 0 aromatic heterocycles. The van der Waals surface area contributed by atoms with Crippen molar-refractivity contribution in [2.45, 2.75) is 36.2 Å². The van der Waals surface area contributed by atoms with E-state index in [1.807, 2.05) is 11.8 Å². The summed E-state index contributed by atoms with van der Waals surface area (Å²) in [6, 6.07) is 17.0. The molecular weight excluding hydrogens is 621 g/mol. The van der Waals surface area contributed by atoms with Crippen LogP contribution >= 0.6 is 0 Å². The standard InChI is InChI=1S/C35H38FN5O5S/c1-4-46-32-12-8-27(45-3)18-30(32)35(40-22-34(23-40)20-39(21-34)26-13-15-38(2)16-14-26)29-17-24(19-37)5-11-31(29)41(33(35)42)47(43,44)28-9-6-25(36)7-10-28/h5-12,17-18,26H,4,13-16,20-23H2,1-3H3. The third-order valence-electron chi connectivity index (χ3n) is 10.3. The van der Waals surface area contributed by atoms with E-state index < -0.39 is 27.3 Å². The largest absolute Gasteiger partial charge is 0.497 e. The summed E-state index contributed by atoms with van der Waals surface area (Å²) in [5.41, 5.74) is -0.437. The number of fused-ring (bicyclic) bond motifs is 1. The maximum atomic E-state index is 15.3. The second kappa shape index (κ2) is 11.6. The number of methoxy groups -OCH3 is 1. The van der Waals surface area contributed by atoms with Crippen molar-refractivity contribution in [2.24, 2.45) is 5.41 Å². The number of carbonyl (C=O) groups excluding carboxylic acids is 1. The molecule has 3 fully saturated rings. The number of carbonyl (C=O) groups is 1. The van der Waals surface area contributed by atoms with Crippen molar-refractivity contribution in [3.63, 3.8) is 0 Å². The number of nitriles is 1. The van der Waals surface area contributed by atoms with Crippen LogP contribution in [0.5, 0.6) is 11.5 Å². The highest BCUT2D eigenvalue weighted by molar-refractivity contribution is 7.93. The lowest BCUT2D eigenvalue weighted by Gasteiger charge is -2.65. The highest BCUT2D eigenvalue weighted by atomic mass is 32.2. The molecule has 1 amide bonds. The number of piperidine rings is 1. The molecule has 1 spiro atoms. The van der Waals surface area contributed by atoms with Crippen LogP contribution in [0.25, 0.3) is 0 Å². The average molecular weight is 660 g/mol. The van der Waals surface area contributed by atoms with Gasteiger partial charge in [0.2, 0.25) is 0 Å². The lowest BCUT2D eigenvalue weighted by molar-refractivity contribution is -0.169. The van der Waals surface area contributed by atoms with Crippen molar-refractivity contribution >= 4 is 21.6 Å². The van der Waals surface area contributed by atoms with Gasteiger partial charge in [0.1, 0.15) is 17.3 Å². The maximum absolute atomic E-state index is 15.3. The molecule has 1 atom stereocenters. The van der Waals surface area contributed by atoms with Crippen LogP contribution in [-0.2, 0) is 20.4 Å². The Labute approximate surface area is 274 Å². The number of likely N-dealkylation sites (tertiary alicyclic amines) is 3. The second-order valence-corrected chi connectivity index (χ2v) is 15.0. The first-order valence-corrected chi connectivity index (χ1v) is 17.4. The van der Waals surface area contributed by atoms with Crippen LogP contribution in [-0.4, -0.2) is 95.1 Å². The van der Waals surface area contributed by atoms with Crippen LogP contribution in [0.4, 0.5) is 10.1 Å². The molecule has 0 bridgehead atoms. The minimum Gasteiger partial charge on any atom is -0.497 e. The first-order chi connectivity index (χ1) is 22.6. The van der Waals surface area contributed by atoms with Gasteiger partial charge in [-0.2, -0.15) is 5.26 Å². The summed E-state index contributed by atoms with van der Waals surface area (Å²) >= 11 is 0. The minimum absolute atomic E-state index is 0.0441. The third kappa shape index (κ3) is 4.90. The Morgan fingerprint density at radius 1 is 0.979 bits per heavy atom. The maximum Gasteiger partial charge on any atom is 0.271 e. The van der Waals surface area contributed by atoms with Crippen molar-refractivity contribution in [2.75, 3.05) is 64.3 Å². The summed E-state index contributed by atoms with van der Waals surface area (Å²) in [7, 11) is -0.819. The first kappa shape index (κ1) is 31.6. The Kier molecular flexibility index (Phi) is 7.79. The van der Waals surface area contributed by atoms with E-state index in [9.17, 15) is 18.1 Å². The molecule has 3 aromatic carbocycles. The molecule has 3 saturated heterocycles. The summed E-state index contributed by atoms with van der Waals surface area (Å²) in [6.07, 6.45) is 2.25. The van der Waals surface area contributed by atoms with E-state index >= 15 is 4.79 Å². The number of halogens is 1. The fraction of sp³-hybridized carbons (Fsp3) is 0.429. The Morgan fingerprint density at radius 3 is 2.32 bits per heavy atom. The van der Waals surface area contributed by atoms with E-state index in [1.165, 1.54) is 19.2 Å². The van der Waals surface area contributed by atoms with E-state index in [4.69, 9.17) is 9.47 Å². The van der Waals surface area contributed by atoms with Crippen molar-refractivity contribution in [3.05, 3.63) is 83.2 Å². The Hall–Kier alpha value is -4.02. The second-order valence-electron chi connectivity index (χ2n) is 13.2. The summed E-state index contributed by atoms with van der Waals surface area (Å²) in [6.45, 7) is 7.20.